The Hall–Kier alpha value is -0.910. The number of piperidine rings is 1. The third-order valence-corrected chi connectivity index (χ3v) is 3.95. The zero-order valence-corrected chi connectivity index (χ0v) is 12.5. The number of rotatable bonds is 3. The van der Waals surface area contributed by atoms with Gasteiger partial charge < -0.3 is 9.84 Å². The standard InChI is InChI=1S/C14H18BrNO3/c1-19-14(18)13(10-3-2-4-11(15)9-10)16-7-5-12(17)6-8-16/h2-4,9,12-13,17H,5-8H2,1H3. The molecule has 1 fully saturated rings. The molecule has 1 unspecified atom stereocenters. The van der Waals surface area contributed by atoms with Crippen molar-refractivity contribution in [1.82, 2.24) is 4.90 Å². The van der Waals surface area contributed by atoms with Gasteiger partial charge >= 0.3 is 5.97 Å². The van der Waals surface area contributed by atoms with E-state index in [9.17, 15) is 9.90 Å². The molecule has 0 saturated carbocycles. The second-order valence-electron chi connectivity index (χ2n) is 4.75. The summed E-state index contributed by atoms with van der Waals surface area (Å²) in [7, 11) is 1.41. The van der Waals surface area contributed by atoms with Crippen molar-refractivity contribution < 1.29 is 14.6 Å². The number of aliphatic hydroxyl groups is 1. The summed E-state index contributed by atoms with van der Waals surface area (Å²) in [5.74, 6) is -0.255. The van der Waals surface area contributed by atoms with Crippen molar-refractivity contribution in [2.45, 2.75) is 25.0 Å². The Morgan fingerprint density at radius 1 is 1.47 bits per heavy atom. The second-order valence-corrected chi connectivity index (χ2v) is 5.66. The van der Waals surface area contributed by atoms with E-state index < -0.39 is 6.04 Å². The molecule has 19 heavy (non-hydrogen) atoms. The van der Waals surface area contributed by atoms with Gasteiger partial charge in [0.15, 0.2) is 0 Å². The number of aliphatic hydroxyl groups excluding tert-OH is 1. The van der Waals surface area contributed by atoms with Crippen LogP contribution in [0.1, 0.15) is 24.4 Å². The Kier molecular flexibility index (Phi) is 4.96. The van der Waals surface area contributed by atoms with Crippen LogP contribution in [0.2, 0.25) is 0 Å². The van der Waals surface area contributed by atoms with Crippen LogP contribution in [0.3, 0.4) is 0 Å². The summed E-state index contributed by atoms with van der Waals surface area (Å²) in [5.41, 5.74) is 0.914. The molecule has 2 rings (SSSR count). The van der Waals surface area contributed by atoms with Crippen molar-refractivity contribution in [3.8, 4) is 0 Å². The minimum Gasteiger partial charge on any atom is -0.468 e. The Balaban J connectivity index is 2.23. The number of hydrogen-bond acceptors (Lipinski definition) is 4. The topological polar surface area (TPSA) is 49.8 Å². The van der Waals surface area contributed by atoms with Gasteiger partial charge in [-0.3, -0.25) is 4.90 Å². The Labute approximate surface area is 121 Å². The highest BCUT2D eigenvalue weighted by Gasteiger charge is 2.31. The van der Waals surface area contributed by atoms with Gasteiger partial charge in [-0.2, -0.15) is 0 Å². The molecule has 1 saturated heterocycles. The number of nitrogens with zero attached hydrogens (tertiary/aromatic N) is 1. The molecule has 1 aromatic carbocycles. The minimum absolute atomic E-state index is 0.253. The summed E-state index contributed by atoms with van der Waals surface area (Å²) in [4.78, 5) is 14.1. The molecule has 0 aromatic heterocycles. The molecule has 1 aliphatic heterocycles. The summed E-state index contributed by atoms with van der Waals surface area (Å²) in [5, 5.41) is 9.57. The first-order chi connectivity index (χ1) is 9.11. The fourth-order valence-electron chi connectivity index (χ4n) is 2.43. The number of ether oxygens (including phenoxy) is 1. The van der Waals surface area contributed by atoms with Crippen LogP contribution < -0.4 is 0 Å². The molecule has 0 amide bonds. The molecule has 0 spiro atoms. The first-order valence-electron chi connectivity index (χ1n) is 6.37. The van der Waals surface area contributed by atoms with E-state index in [4.69, 9.17) is 4.74 Å². The van der Waals surface area contributed by atoms with Gasteiger partial charge in [0, 0.05) is 17.6 Å². The number of hydrogen-bond donors (Lipinski definition) is 1. The summed E-state index contributed by atoms with van der Waals surface area (Å²) in [6.07, 6.45) is 1.14. The molecule has 4 nitrogen and oxygen atoms in total. The number of carbonyl (C=O) groups excluding carboxylic acids is 1. The highest BCUT2D eigenvalue weighted by Crippen LogP contribution is 2.27. The largest absolute Gasteiger partial charge is 0.468 e. The third kappa shape index (κ3) is 3.55. The van der Waals surface area contributed by atoms with E-state index >= 15 is 0 Å². The van der Waals surface area contributed by atoms with Gasteiger partial charge in [0.2, 0.25) is 0 Å². The molecule has 1 aromatic rings. The monoisotopic (exact) mass is 327 g/mol. The quantitative estimate of drug-likeness (QED) is 0.864. The van der Waals surface area contributed by atoms with Crippen LogP contribution in [0.5, 0.6) is 0 Å². The fourth-order valence-corrected chi connectivity index (χ4v) is 2.85. The van der Waals surface area contributed by atoms with E-state index in [1.54, 1.807) is 0 Å². The zero-order valence-electron chi connectivity index (χ0n) is 10.9. The molecule has 0 radical (unpaired) electrons. The molecule has 1 heterocycles. The Bertz CT molecular complexity index is 444. The number of carbonyl (C=O) groups is 1. The van der Waals surface area contributed by atoms with Gasteiger partial charge in [0.05, 0.1) is 13.2 Å². The van der Waals surface area contributed by atoms with Gasteiger partial charge in [-0.05, 0) is 30.5 Å². The van der Waals surface area contributed by atoms with Crippen LogP contribution in [0.4, 0.5) is 0 Å². The summed E-state index contributed by atoms with van der Waals surface area (Å²) in [6, 6.07) is 7.31. The van der Waals surface area contributed by atoms with E-state index in [2.05, 4.69) is 20.8 Å². The lowest BCUT2D eigenvalue weighted by Crippen LogP contribution is -2.41. The predicted octanol–water partition coefficient (Wildman–Crippen LogP) is 2.12. The summed E-state index contributed by atoms with van der Waals surface area (Å²) < 4.78 is 5.87. The van der Waals surface area contributed by atoms with Crippen LogP contribution in [0.25, 0.3) is 0 Å². The molecular formula is C14H18BrNO3. The summed E-state index contributed by atoms with van der Waals surface area (Å²) in [6.45, 7) is 1.40. The summed E-state index contributed by atoms with van der Waals surface area (Å²) >= 11 is 3.42. The first-order valence-corrected chi connectivity index (χ1v) is 7.16. The average Bonchev–Trinajstić information content (AvgIpc) is 2.41. The van der Waals surface area contributed by atoms with Crippen LogP contribution in [0.15, 0.2) is 28.7 Å². The Morgan fingerprint density at radius 2 is 2.16 bits per heavy atom. The fraction of sp³-hybridized carbons (Fsp3) is 0.500. The van der Waals surface area contributed by atoms with Crippen LogP contribution in [0, 0.1) is 0 Å². The van der Waals surface area contributed by atoms with Gasteiger partial charge in [0.25, 0.3) is 0 Å². The highest BCUT2D eigenvalue weighted by atomic mass is 79.9. The van der Waals surface area contributed by atoms with Crippen LogP contribution >= 0.6 is 15.9 Å². The van der Waals surface area contributed by atoms with E-state index in [0.717, 1.165) is 10.0 Å². The van der Waals surface area contributed by atoms with Crippen molar-refractivity contribution in [3.63, 3.8) is 0 Å². The lowest BCUT2D eigenvalue weighted by molar-refractivity contribution is -0.148. The molecule has 0 bridgehead atoms. The first kappa shape index (κ1) is 14.5. The maximum Gasteiger partial charge on any atom is 0.327 e. The minimum atomic E-state index is -0.394. The molecular weight excluding hydrogens is 310 g/mol. The number of esters is 1. The van der Waals surface area contributed by atoms with E-state index in [1.807, 2.05) is 24.3 Å². The van der Waals surface area contributed by atoms with Crippen molar-refractivity contribution in [2.24, 2.45) is 0 Å². The lowest BCUT2D eigenvalue weighted by atomic mass is 10.0. The zero-order chi connectivity index (χ0) is 13.8. The number of benzene rings is 1. The molecule has 1 aliphatic rings. The average molecular weight is 328 g/mol. The smallest absolute Gasteiger partial charge is 0.327 e. The van der Waals surface area contributed by atoms with Gasteiger partial charge in [-0.15, -0.1) is 0 Å². The highest BCUT2D eigenvalue weighted by molar-refractivity contribution is 9.10. The van der Waals surface area contributed by atoms with Gasteiger partial charge in [-0.25, -0.2) is 4.79 Å². The molecule has 104 valence electrons. The van der Waals surface area contributed by atoms with Crippen LogP contribution in [-0.4, -0.2) is 42.3 Å². The van der Waals surface area contributed by atoms with Gasteiger partial charge in [-0.1, -0.05) is 28.1 Å². The van der Waals surface area contributed by atoms with E-state index in [1.165, 1.54) is 7.11 Å². The van der Waals surface area contributed by atoms with Crippen molar-refractivity contribution >= 4 is 21.9 Å². The normalized spacial score (nSPS) is 19.1. The number of halogens is 1. The molecule has 1 N–H and O–H groups in total. The number of methoxy groups -OCH3 is 1. The van der Waals surface area contributed by atoms with E-state index in [0.29, 0.717) is 25.9 Å². The second kappa shape index (κ2) is 6.50. The predicted molar refractivity (Wildman–Crippen MR) is 75.7 cm³/mol. The molecule has 0 aliphatic carbocycles. The molecule has 1 atom stereocenters. The van der Waals surface area contributed by atoms with Crippen molar-refractivity contribution in [1.29, 1.82) is 0 Å². The maximum atomic E-state index is 12.1. The number of likely N-dealkylation sites (tertiary alicyclic amines) is 1. The molecule has 5 heteroatoms. The van der Waals surface area contributed by atoms with Gasteiger partial charge in [0.1, 0.15) is 6.04 Å². The van der Waals surface area contributed by atoms with E-state index in [-0.39, 0.29) is 12.1 Å². The van der Waals surface area contributed by atoms with Crippen molar-refractivity contribution in [2.75, 3.05) is 20.2 Å². The Morgan fingerprint density at radius 3 is 2.74 bits per heavy atom. The van der Waals surface area contributed by atoms with Crippen LogP contribution in [-0.2, 0) is 9.53 Å². The maximum absolute atomic E-state index is 12.1. The lowest BCUT2D eigenvalue weighted by Gasteiger charge is -2.34. The van der Waals surface area contributed by atoms with Crippen molar-refractivity contribution in [3.05, 3.63) is 34.3 Å². The SMILES string of the molecule is COC(=O)C(c1cccc(Br)c1)N1CCC(O)CC1. The third-order valence-electron chi connectivity index (χ3n) is 3.45.